The maximum Gasteiger partial charge on any atom is 0.233 e. The predicted molar refractivity (Wildman–Crippen MR) is 140 cm³/mol. The van der Waals surface area contributed by atoms with Crippen LogP contribution in [0.5, 0.6) is 0 Å². The van der Waals surface area contributed by atoms with Gasteiger partial charge in [0.25, 0.3) is 0 Å². The summed E-state index contributed by atoms with van der Waals surface area (Å²) in [6.07, 6.45) is 2.81. The largest absolute Gasteiger partial charge is 0.360 e. The average molecular weight is 488 g/mol. The number of carbonyl (C=O) groups excluding carboxylic acids is 1. The molecule has 3 aromatic heterocycles. The third-order valence-corrected chi connectivity index (χ3v) is 7.60. The monoisotopic (exact) mass is 487 g/mol. The number of hydrogen-bond donors (Lipinski definition) is 2. The van der Waals surface area contributed by atoms with Crippen molar-refractivity contribution >= 4 is 39.9 Å². The van der Waals surface area contributed by atoms with Crippen molar-refractivity contribution in [2.75, 3.05) is 6.54 Å². The number of benzene rings is 2. The molecule has 0 spiro atoms. The van der Waals surface area contributed by atoms with Crippen LogP contribution in [-0.4, -0.2) is 37.5 Å². The number of carbonyl (C=O) groups is 1. The Morgan fingerprint density at radius 3 is 2.85 bits per heavy atom. The van der Waals surface area contributed by atoms with Gasteiger partial charge in [-0.25, -0.2) is 0 Å². The summed E-state index contributed by atoms with van der Waals surface area (Å²) in [6, 6.07) is 20.5. The molecule has 2 aromatic carbocycles. The summed E-state index contributed by atoms with van der Waals surface area (Å²) in [7, 11) is 0. The van der Waals surface area contributed by atoms with Gasteiger partial charge in [-0.3, -0.25) is 9.36 Å². The van der Waals surface area contributed by atoms with E-state index in [1.807, 2.05) is 54.1 Å². The fourth-order valence-corrected chi connectivity index (χ4v) is 5.50. The highest BCUT2D eigenvalue weighted by molar-refractivity contribution is 8.00. The molecule has 0 aliphatic heterocycles. The number of nitrogens with zero attached hydrogens (tertiary/aromatic N) is 3. The van der Waals surface area contributed by atoms with Crippen LogP contribution in [0.1, 0.15) is 17.4 Å². The number of hydrogen-bond acceptors (Lipinski definition) is 5. The van der Waals surface area contributed by atoms with Crippen LogP contribution >= 0.6 is 23.1 Å². The summed E-state index contributed by atoms with van der Waals surface area (Å²) in [5.74, 6) is 0.741. The minimum atomic E-state index is -0.313. The van der Waals surface area contributed by atoms with Crippen molar-refractivity contribution in [3.05, 3.63) is 82.7 Å². The van der Waals surface area contributed by atoms with E-state index in [1.54, 1.807) is 11.3 Å². The average Bonchev–Trinajstić information content (AvgIpc) is 3.58. The van der Waals surface area contributed by atoms with Crippen LogP contribution < -0.4 is 5.32 Å². The topological polar surface area (TPSA) is 75.6 Å². The lowest BCUT2D eigenvalue weighted by Crippen LogP contribution is -2.32. The Morgan fingerprint density at radius 2 is 2.03 bits per heavy atom. The zero-order valence-electron chi connectivity index (χ0n) is 19.0. The van der Waals surface area contributed by atoms with Crippen LogP contribution in [0.2, 0.25) is 0 Å². The van der Waals surface area contributed by atoms with Crippen molar-refractivity contribution in [1.29, 1.82) is 0 Å². The molecule has 0 bridgehead atoms. The lowest BCUT2D eigenvalue weighted by atomic mass is 10.1. The van der Waals surface area contributed by atoms with Crippen molar-refractivity contribution in [2.45, 2.75) is 30.7 Å². The van der Waals surface area contributed by atoms with E-state index in [-0.39, 0.29) is 11.2 Å². The summed E-state index contributed by atoms with van der Waals surface area (Å²) in [6.45, 7) is 4.59. The Morgan fingerprint density at radius 1 is 1.15 bits per heavy atom. The molecule has 1 amide bonds. The molecule has 8 heteroatoms. The van der Waals surface area contributed by atoms with E-state index in [0.717, 1.165) is 40.0 Å². The molecular weight excluding hydrogens is 462 g/mol. The SMILES string of the molecule is Cc1cccc(-n2c(SC(C)C(=O)NCCc3cccs3)nnc2-c2c[nH]c3ccccc23)c1. The smallest absolute Gasteiger partial charge is 0.233 e. The highest BCUT2D eigenvalue weighted by atomic mass is 32.2. The Bertz CT molecular complexity index is 1420. The van der Waals surface area contributed by atoms with Crippen LogP contribution in [0.15, 0.2) is 77.4 Å². The highest BCUT2D eigenvalue weighted by Crippen LogP contribution is 2.33. The maximum absolute atomic E-state index is 12.8. The first-order valence-electron chi connectivity index (χ1n) is 11.2. The Labute approximate surface area is 206 Å². The van der Waals surface area contributed by atoms with Crippen LogP contribution in [-0.2, 0) is 11.2 Å². The molecule has 0 saturated heterocycles. The van der Waals surface area contributed by atoms with Gasteiger partial charge in [-0.1, -0.05) is 48.2 Å². The number of fused-ring (bicyclic) bond motifs is 1. The molecule has 0 aliphatic rings. The van der Waals surface area contributed by atoms with Crippen LogP contribution in [0, 0.1) is 6.92 Å². The van der Waals surface area contributed by atoms with Gasteiger partial charge in [0.15, 0.2) is 11.0 Å². The number of amides is 1. The molecule has 1 atom stereocenters. The Kier molecular flexibility index (Phi) is 6.51. The molecule has 0 saturated carbocycles. The molecule has 34 heavy (non-hydrogen) atoms. The van der Waals surface area contributed by atoms with Crippen LogP contribution in [0.4, 0.5) is 0 Å². The van der Waals surface area contributed by atoms with E-state index in [2.05, 4.69) is 57.1 Å². The summed E-state index contributed by atoms with van der Waals surface area (Å²) in [5, 5.41) is 15.6. The zero-order chi connectivity index (χ0) is 23.5. The first kappa shape index (κ1) is 22.4. The summed E-state index contributed by atoms with van der Waals surface area (Å²) in [4.78, 5) is 17.4. The van der Waals surface area contributed by atoms with Crippen molar-refractivity contribution in [3.63, 3.8) is 0 Å². The summed E-state index contributed by atoms with van der Waals surface area (Å²) >= 11 is 3.13. The van der Waals surface area contributed by atoms with Gasteiger partial charge < -0.3 is 10.3 Å². The van der Waals surface area contributed by atoms with E-state index in [4.69, 9.17) is 0 Å². The summed E-state index contributed by atoms with van der Waals surface area (Å²) in [5.41, 5.74) is 4.14. The van der Waals surface area contributed by atoms with Crippen LogP contribution in [0.3, 0.4) is 0 Å². The number of aromatic amines is 1. The van der Waals surface area contributed by atoms with Crippen molar-refractivity contribution in [1.82, 2.24) is 25.1 Å². The van der Waals surface area contributed by atoms with Gasteiger partial charge in [0.1, 0.15) is 0 Å². The van der Waals surface area contributed by atoms with Crippen molar-refractivity contribution in [2.24, 2.45) is 0 Å². The van der Waals surface area contributed by atoms with E-state index >= 15 is 0 Å². The number of H-pyrrole nitrogens is 1. The molecule has 172 valence electrons. The number of thioether (sulfide) groups is 1. The molecule has 5 rings (SSSR count). The molecule has 3 heterocycles. The second kappa shape index (κ2) is 9.87. The minimum absolute atomic E-state index is 0.00556. The molecule has 2 N–H and O–H groups in total. The maximum atomic E-state index is 12.8. The van der Waals surface area contributed by atoms with Gasteiger partial charge >= 0.3 is 0 Å². The molecule has 5 aromatic rings. The standard InChI is InChI=1S/C26H25N5OS2/c1-17-7-5-8-19(15-17)31-24(22-16-28-23-11-4-3-10-21(22)23)29-30-26(31)34-18(2)25(32)27-13-12-20-9-6-14-33-20/h3-11,14-16,18,28H,12-13H2,1-2H3,(H,27,32). The van der Waals surface area contributed by atoms with Gasteiger partial charge in [0.2, 0.25) is 5.91 Å². The number of aryl methyl sites for hydroxylation is 1. The Hall–Kier alpha value is -3.36. The number of rotatable bonds is 8. The molecule has 0 aliphatic carbocycles. The normalized spacial score (nSPS) is 12.2. The summed E-state index contributed by atoms with van der Waals surface area (Å²) < 4.78 is 2.04. The Balaban J connectivity index is 1.43. The lowest BCUT2D eigenvalue weighted by Gasteiger charge is -2.14. The third kappa shape index (κ3) is 4.64. The van der Waals surface area contributed by atoms with Crippen molar-refractivity contribution in [3.8, 4) is 17.1 Å². The van der Waals surface area contributed by atoms with E-state index in [1.165, 1.54) is 16.6 Å². The molecular formula is C26H25N5OS2. The van der Waals surface area contributed by atoms with E-state index < -0.39 is 0 Å². The predicted octanol–water partition coefficient (Wildman–Crippen LogP) is 5.63. The molecule has 0 radical (unpaired) electrons. The number of thiophene rings is 1. The van der Waals surface area contributed by atoms with E-state index in [0.29, 0.717) is 11.7 Å². The first-order valence-corrected chi connectivity index (χ1v) is 12.9. The van der Waals surface area contributed by atoms with Gasteiger partial charge in [0, 0.05) is 39.8 Å². The van der Waals surface area contributed by atoms with Gasteiger partial charge in [0.05, 0.1) is 5.25 Å². The second-order valence-electron chi connectivity index (χ2n) is 8.11. The van der Waals surface area contributed by atoms with Crippen molar-refractivity contribution < 1.29 is 4.79 Å². The highest BCUT2D eigenvalue weighted by Gasteiger charge is 2.23. The van der Waals surface area contributed by atoms with Crippen LogP contribution in [0.25, 0.3) is 28.0 Å². The number of nitrogens with one attached hydrogen (secondary N) is 2. The van der Waals surface area contributed by atoms with Gasteiger partial charge in [-0.15, -0.1) is 21.5 Å². The quantitative estimate of drug-likeness (QED) is 0.278. The number of para-hydroxylation sites is 1. The molecule has 0 fully saturated rings. The fourth-order valence-electron chi connectivity index (χ4n) is 3.90. The number of aromatic nitrogens is 4. The fraction of sp³-hybridized carbons (Fsp3) is 0.192. The van der Waals surface area contributed by atoms with Gasteiger partial charge in [-0.2, -0.15) is 0 Å². The molecule has 1 unspecified atom stereocenters. The third-order valence-electron chi connectivity index (χ3n) is 5.63. The zero-order valence-corrected chi connectivity index (χ0v) is 20.6. The first-order chi connectivity index (χ1) is 16.6. The molecule has 6 nitrogen and oxygen atoms in total. The second-order valence-corrected chi connectivity index (χ2v) is 10.4. The lowest BCUT2D eigenvalue weighted by molar-refractivity contribution is -0.120. The van der Waals surface area contributed by atoms with Gasteiger partial charge in [-0.05, 0) is 55.5 Å². The minimum Gasteiger partial charge on any atom is -0.360 e. The van der Waals surface area contributed by atoms with E-state index in [9.17, 15) is 4.79 Å².